The Balaban J connectivity index is 0.852. The Bertz CT molecular complexity index is 4100. The zero-order chi connectivity index (χ0) is 54.6. The lowest BCUT2D eigenvalue weighted by Gasteiger charge is -2.27. The number of benzene rings is 8. The second kappa shape index (κ2) is 21.9. The Hall–Kier alpha value is -11.2. The first-order chi connectivity index (χ1) is 40.7. The highest BCUT2D eigenvalue weighted by atomic mass is 15.3. The van der Waals surface area contributed by atoms with Crippen LogP contribution >= 0.6 is 0 Å². The quantitative estimate of drug-likeness (QED) is 0.103. The van der Waals surface area contributed by atoms with Crippen molar-refractivity contribution in [2.45, 2.75) is 0 Å². The lowest BCUT2D eigenvalue weighted by Crippen LogP contribution is -2.16. The second-order valence-electron chi connectivity index (χ2n) is 19.9. The Kier molecular flexibility index (Phi) is 13.1. The summed E-state index contributed by atoms with van der Waals surface area (Å²) in [6, 6.07) is 111. The first kappa shape index (κ1) is 49.1. The van der Waals surface area contributed by atoms with Crippen LogP contribution < -0.4 is 9.80 Å². The van der Waals surface area contributed by atoms with Crippen molar-refractivity contribution in [3.05, 3.63) is 328 Å². The first-order valence-electron chi connectivity index (χ1n) is 27.6. The zero-order valence-corrected chi connectivity index (χ0v) is 44.8. The number of anilines is 6. The number of hydrogen-bond acceptors (Lipinski definition) is 4. The lowest BCUT2D eigenvalue weighted by atomic mass is 10.0. The van der Waals surface area contributed by atoms with E-state index >= 15 is 0 Å². The molecule has 0 radical (unpaired) electrons. The summed E-state index contributed by atoms with van der Waals surface area (Å²) in [4.78, 5) is 14.5. The van der Waals surface area contributed by atoms with E-state index in [-0.39, 0.29) is 0 Å². The molecule has 0 aliphatic carbocycles. The molecule has 0 unspecified atom stereocenters. The Morgan fingerprint density at radius 1 is 0.207 bits per heavy atom. The average Bonchev–Trinajstić information content (AvgIpc) is 3.90. The van der Waals surface area contributed by atoms with Crippen molar-refractivity contribution >= 4 is 34.6 Å². The van der Waals surface area contributed by atoms with E-state index in [2.05, 4.69) is 319 Å². The van der Waals surface area contributed by atoms with E-state index < -0.39 is 0 Å². The van der Waals surface area contributed by atoms with Gasteiger partial charge in [-0.25, -0.2) is 9.97 Å². The van der Waals surface area contributed by atoms with Gasteiger partial charge in [-0.2, -0.15) is 0 Å². The van der Waals surface area contributed by atoms with Gasteiger partial charge < -0.3 is 9.13 Å². The van der Waals surface area contributed by atoms with Crippen molar-refractivity contribution in [2.75, 3.05) is 9.80 Å². The number of pyridine rings is 2. The Morgan fingerprint density at radius 2 is 0.488 bits per heavy atom. The largest absolute Gasteiger partial charge is 0.308 e. The molecule has 6 heterocycles. The fraction of sp³-hybridized carbons (Fsp3) is 0. The third-order valence-corrected chi connectivity index (χ3v) is 15.0. The summed E-state index contributed by atoms with van der Waals surface area (Å²) in [5.74, 6) is 3.49. The molecule has 14 aromatic rings. The van der Waals surface area contributed by atoms with Gasteiger partial charge in [0, 0.05) is 46.5 Å². The summed E-state index contributed by atoms with van der Waals surface area (Å²) in [5.41, 5.74) is 17.0. The van der Waals surface area contributed by atoms with Crippen LogP contribution in [0.3, 0.4) is 0 Å². The maximum atomic E-state index is 4.98. The molecule has 0 fully saturated rings. The van der Waals surface area contributed by atoms with Crippen LogP contribution in [0, 0.1) is 0 Å². The summed E-state index contributed by atoms with van der Waals surface area (Å²) in [6.07, 6.45) is 3.72. The van der Waals surface area contributed by atoms with Gasteiger partial charge in [-0.15, -0.1) is 0 Å². The van der Waals surface area contributed by atoms with Crippen LogP contribution in [0.1, 0.15) is 0 Å². The van der Waals surface area contributed by atoms with Crippen molar-refractivity contribution in [1.82, 2.24) is 28.2 Å². The Morgan fingerprint density at radius 3 is 0.817 bits per heavy atom. The summed E-state index contributed by atoms with van der Waals surface area (Å²) in [7, 11) is 0. The van der Waals surface area contributed by atoms with Gasteiger partial charge in [0.2, 0.25) is 0 Å². The third-order valence-electron chi connectivity index (χ3n) is 15.0. The predicted molar refractivity (Wildman–Crippen MR) is 336 cm³/mol. The summed E-state index contributed by atoms with van der Waals surface area (Å²) in [5, 5.41) is 0. The van der Waals surface area contributed by atoms with Crippen molar-refractivity contribution in [3.8, 4) is 79.2 Å². The summed E-state index contributed by atoms with van der Waals surface area (Å²) < 4.78 is 9.41. The van der Waals surface area contributed by atoms with Gasteiger partial charge in [-0.1, -0.05) is 170 Å². The van der Waals surface area contributed by atoms with E-state index in [0.29, 0.717) is 0 Å². The molecule has 6 aromatic heterocycles. The smallest absolute Gasteiger partial charge is 0.138 e. The van der Waals surface area contributed by atoms with E-state index in [1.807, 2.05) is 36.7 Å². The van der Waals surface area contributed by atoms with E-state index in [0.717, 1.165) is 114 Å². The molecule has 0 aliphatic heterocycles. The highest BCUT2D eigenvalue weighted by Crippen LogP contribution is 2.44. The zero-order valence-electron chi connectivity index (χ0n) is 44.8. The van der Waals surface area contributed by atoms with E-state index in [4.69, 9.17) is 9.97 Å². The molecule has 0 atom stereocenters. The fourth-order valence-corrected chi connectivity index (χ4v) is 11.3. The van der Waals surface area contributed by atoms with Gasteiger partial charge in [0.25, 0.3) is 0 Å². The van der Waals surface area contributed by atoms with Crippen LogP contribution in [0.25, 0.3) is 79.2 Å². The molecule has 8 nitrogen and oxygen atoms in total. The highest BCUT2D eigenvalue weighted by molar-refractivity contribution is 5.84. The minimum Gasteiger partial charge on any atom is -0.308 e. The van der Waals surface area contributed by atoms with E-state index in [1.165, 1.54) is 0 Å². The number of aromatic nitrogens is 6. The van der Waals surface area contributed by atoms with Gasteiger partial charge in [0.1, 0.15) is 23.3 Å². The van der Waals surface area contributed by atoms with Crippen LogP contribution in [0.5, 0.6) is 0 Å². The molecule has 390 valence electrons. The van der Waals surface area contributed by atoms with Crippen LogP contribution in [0.2, 0.25) is 0 Å². The molecule has 0 saturated heterocycles. The minimum absolute atomic E-state index is 0.799. The molecule has 0 N–H and O–H groups in total. The molecule has 14 rings (SSSR count). The molecule has 0 bridgehead atoms. The topological polar surface area (TPSA) is 52.0 Å². The number of nitrogens with zero attached hydrogens (tertiary/aromatic N) is 8. The van der Waals surface area contributed by atoms with E-state index in [1.54, 1.807) is 0 Å². The molecule has 82 heavy (non-hydrogen) atoms. The van der Waals surface area contributed by atoms with Crippen molar-refractivity contribution in [3.63, 3.8) is 0 Å². The Labute approximate surface area is 477 Å². The van der Waals surface area contributed by atoms with Crippen LogP contribution in [-0.2, 0) is 0 Å². The third kappa shape index (κ3) is 9.25. The maximum Gasteiger partial charge on any atom is 0.138 e. The molecular formula is C74H54N8. The van der Waals surface area contributed by atoms with Crippen molar-refractivity contribution < 1.29 is 0 Å². The molecule has 0 spiro atoms. The van der Waals surface area contributed by atoms with Crippen LogP contribution in [-0.4, -0.2) is 28.2 Å². The fourth-order valence-electron chi connectivity index (χ4n) is 11.3. The van der Waals surface area contributed by atoms with Gasteiger partial charge in [0.15, 0.2) is 0 Å². The SMILES string of the molecule is c1ccc(-c2ccc(-c3ccc(N(c4ccc(-c5ccc(N(c6ccccn6)c6ccc(-c7ccc(-c8ccccc8)n7-c7ccccc7)n6-c6ccccc6)cc5)cc4)c4ccccn4)n3-c3ccccc3)n2-c2ccccc2)cc1. The first-order valence-corrected chi connectivity index (χ1v) is 27.6. The minimum atomic E-state index is 0.799. The van der Waals surface area contributed by atoms with Gasteiger partial charge in [-0.05, 0) is 168 Å². The molecule has 0 amide bonds. The summed E-state index contributed by atoms with van der Waals surface area (Å²) >= 11 is 0. The standard InChI is InChI=1S/C74H54N8/c1-7-23-57(24-8-1)65-45-47-67(77(65)59-27-11-3-12-28-59)69-49-51-73(79(69)61-31-15-5-16-32-61)81(71-35-19-21-53-75-71)63-41-37-55(38-42-63)56-39-43-64(44-40-56)82(72-36-20-22-54-76-72)74-52-50-70(80(74)62-33-17-6-18-34-62)68-48-46-66(58-25-9-2-10-26-58)78(68)60-29-13-4-14-30-60/h1-54H. The monoisotopic (exact) mass is 1050 g/mol. The molecule has 8 heteroatoms. The average molecular weight is 1060 g/mol. The molecular weight excluding hydrogens is 1000 g/mol. The van der Waals surface area contributed by atoms with Gasteiger partial charge in [0.05, 0.1) is 34.2 Å². The van der Waals surface area contributed by atoms with Crippen molar-refractivity contribution in [1.29, 1.82) is 0 Å². The lowest BCUT2D eigenvalue weighted by molar-refractivity contribution is 1.00. The van der Waals surface area contributed by atoms with Crippen molar-refractivity contribution in [2.24, 2.45) is 0 Å². The second-order valence-corrected chi connectivity index (χ2v) is 19.9. The maximum absolute atomic E-state index is 4.98. The van der Waals surface area contributed by atoms with Gasteiger partial charge in [-0.3, -0.25) is 18.9 Å². The number of hydrogen-bond donors (Lipinski definition) is 0. The van der Waals surface area contributed by atoms with Crippen LogP contribution in [0.15, 0.2) is 328 Å². The summed E-state index contributed by atoms with van der Waals surface area (Å²) in [6.45, 7) is 0. The molecule has 0 aliphatic rings. The normalized spacial score (nSPS) is 11.2. The molecule has 8 aromatic carbocycles. The number of rotatable bonds is 15. The van der Waals surface area contributed by atoms with Crippen LogP contribution in [0.4, 0.5) is 34.6 Å². The number of para-hydroxylation sites is 4. The molecule has 0 saturated carbocycles. The van der Waals surface area contributed by atoms with Gasteiger partial charge >= 0.3 is 0 Å². The highest BCUT2D eigenvalue weighted by Gasteiger charge is 2.27. The van der Waals surface area contributed by atoms with E-state index in [9.17, 15) is 0 Å². The predicted octanol–water partition coefficient (Wildman–Crippen LogP) is 18.9.